The Labute approximate surface area is 80.2 Å². The minimum absolute atomic E-state index is 0.413. The van der Waals surface area contributed by atoms with Crippen LogP contribution in [0.15, 0.2) is 12.3 Å². The number of nitrogens with one attached hydrogen (secondary N) is 1. The Bertz CT molecular complexity index is 190. The summed E-state index contributed by atoms with van der Waals surface area (Å²) in [5.74, 6) is 0.426. The van der Waals surface area contributed by atoms with Crippen LogP contribution in [0.25, 0.3) is 0 Å². The molecular weight excluding hydrogens is 166 g/mol. The van der Waals surface area contributed by atoms with Crippen LogP contribution >= 0.6 is 0 Å². The van der Waals surface area contributed by atoms with Crippen LogP contribution in [0, 0.1) is 5.92 Å². The number of carbonyl (C=O) groups excluding carboxylic acids is 1. The lowest BCUT2D eigenvalue weighted by atomic mass is 10.2. The molecule has 0 bridgehead atoms. The number of ether oxygens (including phenoxy) is 1. The lowest BCUT2D eigenvalue weighted by Gasteiger charge is -2.18. The number of rotatable bonds is 2. The van der Waals surface area contributed by atoms with E-state index in [1.807, 2.05) is 40.7 Å². The average molecular weight is 185 g/mol. The molecule has 0 atom stereocenters. The Hall–Kier alpha value is -0.990. The number of carbonyl (C=O) groups is 1. The maximum absolute atomic E-state index is 11.1. The van der Waals surface area contributed by atoms with E-state index in [-0.39, 0.29) is 0 Å². The maximum atomic E-state index is 11.1. The smallest absolute Gasteiger partial charge is 0.411 e. The SMILES string of the molecule is CC(C)/C=C\NC(=O)OC(C)(C)C. The highest BCUT2D eigenvalue weighted by Crippen LogP contribution is 2.06. The van der Waals surface area contributed by atoms with E-state index in [0.29, 0.717) is 5.92 Å². The van der Waals surface area contributed by atoms with Gasteiger partial charge in [0.1, 0.15) is 5.60 Å². The summed E-state index contributed by atoms with van der Waals surface area (Å²) in [6.07, 6.45) is 3.09. The Morgan fingerprint density at radius 1 is 1.38 bits per heavy atom. The predicted octanol–water partition coefficient (Wildman–Crippen LogP) is 2.68. The Morgan fingerprint density at radius 3 is 2.31 bits per heavy atom. The molecule has 0 unspecified atom stereocenters. The number of hydrogen-bond donors (Lipinski definition) is 1. The molecule has 0 radical (unpaired) electrons. The van der Waals surface area contributed by atoms with Crippen molar-refractivity contribution in [2.45, 2.75) is 40.2 Å². The first kappa shape index (κ1) is 12.0. The van der Waals surface area contributed by atoms with E-state index < -0.39 is 11.7 Å². The molecule has 0 aliphatic rings. The second-order valence-corrected chi connectivity index (χ2v) is 4.25. The summed E-state index contributed by atoms with van der Waals surface area (Å²) in [6, 6.07) is 0. The van der Waals surface area contributed by atoms with Crippen molar-refractivity contribution >= 4 is 6.09 Å². The van der Waals surface area contributed by atoms with Gasteiger partial charge in [-0.1, -0.05) is 19.9 Å². The highest BCUT2D eigenvalue weighted by Gasteiger charge is 2.14. The molecule has 1 amide bonds. The molecule has 0 rings (SSSR count). The average Bonchev–Trinajstić information content (AvgIpc) is 1.81. The standard InChI is InChI=1S/C10H19NO2/c1-8(2)6-7-11-9(12)13-10(3,4)5/h6-8H,1-5H3,(H,11,12)/b7-6-. The predicted molar refractivity (Wildman–Crippen MR) is 53.3 cm³/mol. The van der Waals surface area contributed by atoms with Crippen molar-refractivity contribution in [2.24, 2.45) is 5.92 Å². The lowest BCUT2D eigenvalue weighted by Crippen LogP contribution is -2.29. The molecule has 3 heteroatoms. The first-order chi connectivity index (χ1) is 5.81. The van der Waals surface area contributed by atoms with Crippen molar-refractivity contribution < 1.29 is 9.53 Å². The molecule has 0 aromatic carbocycles. The van der Waals surface area contributed by atoms with Gasteiger partial charge in [-0.15, -0.1) is 0 Å². The summed E-state index contributed by atoms with van der Waals surface area (Å²) in [6.45, 7) is 9.57. The molecule has 0 heterocycles. The van der Waals surface area contributed by atoms with Crippen molar-refractivity contribution in [2.75, 3.05) is 0 Å². The number of alkyl carbamates (subject to hydrolysis) is 1. The van der Waals surface area contributed by atoms with E-state index in [4.69, 9.17) is 4.74 Å². The summed E-state index contributed by atoms with van der Waals surface area (Å²) in [4.78, 5) is 11.1. The summed E-state index contributed by atoms with van der Waals surface area (Å²) >= 11 is 0. The van der Waals surface area contributed by atoms with Gasteiger partial charge in [-0.05, 0) is 26.7 Å². The van der Waals surface area contributed by atoms with Crippen molar-refractivity contribution in [3.8, 4) is 0 Å². The topological polar surface area (TPSA) is 38.3 Å². The van der Waals surface area contributed by atoms with Crippen LogP contribution in [0.5, 0.6) is 0 Å². The zero-order valence-corrected chi connectivity index (χ0v) is 9.05. The normalized spacial score (nSPS) is 12.2. The van der Waals surface area contributed by atoms with Crippen molar-refractivity contribution in [3.63, 3.8) is 0 Å². The van der Waals surface area contributed by atoms with Gasteiger partial charge in [-0.2, -0.15) is 0 Å². The van der Waals surface area contributed by atoms with Crippen LogP contribution in [0.3, 0.4) is 0 Å². The number of hydrogen-bond acceptors (Lipinski definition) is 2. The van der Waals surface area contributed by atoms with Gasteiger partial charge in [0.25, 0.3) is 0 Å². The zero-order valence-electron chi connectivity index (χ0n) is 9.05. The van der Waals surface area contributed by atoms with Gasteiger partial charge < -0.3 is 4.74 Å². The van der Waals surface area contributed by atoms with Gasteiger partial charge in [0.05, 0.1) is 0 Å². The number of allylic oxidation sites excluding steroid dienone is 1. The van der Waals surface area contributed by atoms with E-state index in [1.165, 1.54) is 0 Å². The van der Waals surface area contributed by atoms with Crippen molar-refractivity contribution in [1.82, 2.24) is 5.32 Å². The third kappa shape index (κ3) is 8.92. The summed E-state index contributed by atoms with van der Waals surface area (Å²) < 4.78 is 5.02. The molecule has 0 aromatic heterocycles. The maximum Gasteiger partial charge on any atom is 0.411 e. The minimum Gasteiger partial charge on any atom is -0.444 e. The summed E-state index contributed by atoms with van der Waals surface area (Å²) in [5.41, 5.74) is -0.435. The second kappa shape index (κ2) is 4.90. The fourth-order valence-corrected chi connectivity index (χ4v) is 0.616. The first-order valence-electron chi connectivity index (χ1n) is 4.47. The summed E-state index contributed by atoms with van der Waals surface area (Å²) in [5, 5.41) is 2.53. The monoisotopic (exact) mass is 185 g/mol. The van der Waals surface area contributed by atoms with Gasteiger partial charge in [0.15, 0.2) is 0 Å². The van der Waals surface area contributed by atoms with Crippen LogP contribution in [0.1, 0.15) is 34.6 Å². The third-order valence-electron chi connectivity index (χ3n) is 1.08. The molecule has 0 aliphatic carbocycles. The third-order valence-corrected chi connectivity index (χ3v) is 1.08. The van der Waals surface area contributed by atoms with Gasteiger partial charge in [0.2, 0.25) is 0 Å². The van der Waals surface area contributed by atoms with E-state index >= 15 is 0 Å². The highest BCUT2D eigenvalue weighted by molar-refractivity contribution is 5.68. The van der Waals surface area contributed by atoms with Gasteiger partial charge in [-0.25, -0.2) is 4.79 Å². The lowest BCUT2D eigenvalue weighted by molar-refractivity contribution is 0.0552. The highest BCUT2D eigenvalue weighted by atomic mass is 16.6. The van der Waals surface area contributed by atoms with Crippen molar-refractivity contribution in [1.29, 1.82) is 0 Å². The van der Waals surface area contributed by atoms with E-state index in [0.717, 1.165) is 0 Å². The molecular formula is C10H19NO2. The van der Waals surface area contributed by atoms with Gasteiger partial charge in [-0.3, -0.25) is 5.32 Å². The fraction of sp³-hybridized carbons (Fsp3) is 0.700. The molecule has 0 aromatic rings. The molecule has 13 heavy (non-hydrogen) atoms. The molecule has 76 valence electrons. The molecule has 1 N–H and O–H groups in total. The van der Waals surface area contributed by atoms with Crippen molar-refractivity contribution in [3.05, 3.63) is 12.3 Å². The van der Waals surface area contributed by atoms with Gasteiger partial charge in [0, 0.05) is 6.20 Å². The van der Waals surface area contributed by atoms with Crippen LogP contribution in [-0.4, -0.2) is 11.7 Å². The van der Waals surface area contributed by atoms with Crippen LogP contribution in [0.2, 0.25) is 0 Å². The summed E-state index contributed by atoms with van der Waals surface area (Å²) in [7, 11) is 0. The quantitative estimate of drug-likeness (QED) is 0.718. The van der Waals surface area contributed by atoms with E-state index in [1.54, 1.807) is 6.20 Å². The molecule has 0 spiro atoms. The fourth-order valence-electron chi connectivity index (χ4n) is 0.616. The van der Waals surface area contributed by atoms with E-state index in [2.05, 4.69) is 5.32 Å². The van der Waals surface area contributed by atoms with Crippen LogP contribution < -0.4 is 5.32 Å². The Balaban J connectivity index is 3.77. The molecule has 0 saturated heterocycles. The van der Waals surface area contributed by atoms with Crippen LogP contribution in [0.4, 0.5) is 4.79 Å². The zero-order chi connectivity index (χ0) is 10.5. The molecule has 3 nitrogen and oxygen atoms in total. The van der Waals surface area contributed by atoms with Crippen LogP contribution in [-0.2, 0) is 4.74 Å². The largest absolute Gasteiger partial charge is 0.444 e. The van der Waals surface area contributed by atoms with E-state index in [9.17, 15) is 4.79 Å². The Kier molecular flexibility index (Phi) is 4.52. The minimum atomic E-state index is -0.435. The Morgan fingerprint density at radius 2 is 1.92 bits per heavy atom. The first-order valence-corrected chi connectivity index (χ1v) is 4.47. The second-order valence-electron chi connectivity index (χ2n) is 4.25. The molecule has 0 saturated carbocycles. The van der Waals surface area contributed by atoms with Gasteiger partial charge >= 0.3 is 6.09 Å². The number of amides is 1. The molecule has 0 fully saturated rings. The molecule has 0 aliphatic heterocycles.